The lowest BCUT2D eigenvalue weighted by Crippen LogP contribution is -2.13. The van der Waals surface area contributed by atoms with Crippen LogP contribution >= 0.6 is 23.1 Å². The van der Waals surface area contributed by atoms with Crippen molar-refractivity contribution < 1.29 is 9.18 Å². The van der Waals surface area contributed by atoms with Crippen LogP contribution in [-0.4, -0.2) is 16.6 Å². The molecule has 0 saturated heterocycles. The lowest BCUT2D eigenvalue weighted by molar-refractivity contribution is -0.113. The number of carbonyl (C=O) groups is 1. The Morgan fingerprint density at radius 3 is 2.48 bits per heavy atom. The van der Waals surface area contributed by atoms with Gasteiger partial charge in [0.1, 0.15) is 5.82 Å². The monoisotopic (exact) mass is 372 g/mol. The van der Waals surface area contributed by atoms with Gasteiger partial charge >= 0.3 is 0 Å². The Balaban J connectivity index is 1.62. The number of halogens is 1. The highest BCUT2D eigenvalue weighted by Gasteiger charge is 2.12. The Labute approximate surface area is 154 Å². The third-order valence-electron chi connectivity index (χ3n) is 3.55. The smallest absolute Gasteiger partial charge is 0.236 e. The Morgan fingerprint density at radius 2 is 1.80 bits per heavy atom. The minimum atomic E-state index is -0.279. The summed E-state index contributed by atoms with van der Waals surface area (Å²) in [5.74, 6) is -0.0450. The molecule has 3 rings (SSSR count). The van der Waals surface area contributed by atoms with Crippen LogP contribution in [0.25, 0.3) is 11.3 Å². The maximum Gasteiger partial charge on any atom is 0.236 e. The molecule has 0 fully saturated rings. The lowest BCUT2D eigenvalue weighted by Gasteiger charge is -2.02. The number of rotatable bonds is 5. The summed E-state index contributed by atoms with van der Waals surface area (Å²) in [4.78, 5) is 18.6. The van der Waals surface area contributed by atoms with Gasteiger partial charge in [-0.05, 0) is 50.2 Å². The van der Waals surface area contributed by atoms with Crippen LogP contribution in [0.3, 0.4) is 0 Å². The van der Waals surface area contributed by atoms with Crippen LogP contribution in [0.2, 0.25) is 0 Å². The molecular formula is C19H17FN2OS2. The molecule has 0 unspecified atom stereocenters. The molecule has 0 aliphatic heterocycles. The average Bonchev–Trinajstić information content (AvgIpc) is 2.95. The van der Waals surface area contributed by atoms with E-state index in [2.05, 4.69) is 10.3 Å². The summed E-state index contributed by atoms with van der Waals surface area (Å²) < 4.78 is 13.0. The second kappa shape index (κ2) is 7.80. The summed E-state index contributed by atoms with van der Waals surface area (Å²) in [7, 11) is 0. The van der Waals surface area contributed by atoms with E-state index >= 15 is 0 Å². The van der Waals surface area contributed by atoms with Gasteiger partial charge < -0.3 is 5.32 Å². The Bertz CT molecular complexity index is 873. The van der Waals surface area contributed by atoms with Crippen LogP contribution in [0.5, 0.6) is 0 Å². The molecule has 1 aromatic heterocycles. The Hall–Kier alpha value is -2.18. The van der Waals surface area contributed by atoms with E-state index in [1.165, 1.54) is 40.8 Å². The average molecular weight is 372 g/mol. The van der Waals surface area contributed by atoms with Gasteiger partial charge in [0.2, 0.25) is 5.91 Å². The molecule has 1 amide bonds. The van der Waals surface area contributed by atoms with Crippen LogP contribution < -0.4 is 5.32 Å². The predicted molar refractivity (Wildman–Crippen MR) is 103 cm³/mol. The van der Waals surface area contributed by atoms with Gasteiger partial charge in [-0.15, -0.1) is 23.1 Å². The molecule has 1 heterocycles. The summed E-state index contributed by atoms with van der Waals surface area (Å²) in [6, 6.07) is 14.3. The first kappa shape index (κ1) is 17.6. The van der Waals surface area contributed by atoms with E-state index in [-0.39, 0.29) is 11.7 Å². The summed E-state index contributed by atoms with van der Waals surface area (Å²) in [6.45, 7) is 3.97. The number of thiazole rings is 1. The zero-order chi connectivity index (χ0) is 17.8. The standard InChI is InChI=1S/C19H17FN2OS2/c1-12-3-9-16(10-4-12)24-11-17(23)21-19-22-18(13(2)25-19)14-5-7-15(20)8-6-14/h3-10H,11H2,1-2H3,(H,21,22,23). The lowest BCUT2D eigenvalue weighted by atomic mass is 10.1. The van der Waals surface area contributed by atoms with Gasteiger partial charge in [0.05, 0.1) is 11.4 Å². The number of nitrogens with one attached hydrogen (secondary N) is 1. The highest BCUT2D eigenvalue weighted by molar-refractivity contribution is 8.00. The molecule has 128 valence electrons. The van der Waals surface area contributed by atoms with E-state index in [9.17, 15) is 9.18 Å². The van der Waals surface area contributed by atoms with Crippen molar-refractivity contribution in [3.05, 3.63) is 64.8 Å². The number of carbonyl (C=O) groups excluding carboxylic acids is 1. The van der Waals surface area contributed by atoms with Gasteiger partial charge in [0, 0.05) is 15.3 Å². The molecular weight excluding hydrogens is 355 g/mol. The molecule has 0 aliphatic rings. The molecule has 0 saturated carbocycles. The minimum absolute atomic E-state index is 0.0926. The van der Waals surface area contributed by atoms with Crippen molar-refractivity contribution in [3.63, 3.8) is 0 Å². The maximum absolute atomic E-state index is 13.0. The normalized spacial score (nSPS) is 10.7. The molecule has 2 aromatic carbocycles. The Morgan fingerprint density at radius 1 is 1.12 bits per heavy atom. The molecule has 6 heteroatoms. The number of nitrogens with zero attached hydrogens (tertiary/aromatic N) is 1. The van der Waals surface area contributed by atoms with Crippen molar-refractivity contribution in [1.82, 2.24) is 4.98 Å². The Kier molecular flexibility index (Phi) is 5.50. The molecule has 3 aromatic rings. The molecule has 0 radical (unpaired) electrons. The van der Waals surface area contributed by atoms with Gasteiger partial charge in [-0.25, -0.2) is 9.37 Å². The third-order valence-corrected chi connectivity index (χ3v) is 5.45. The van der Waals surface area contributed by atoms with Crippen LogP contribution in [0, 0.1) is 19.7 Å². The van der Waals surface area contributed by atoms with Crippen molar-refractivity contribution in [2.45, 2.75) is 18.7 Å². The second-order valence-corrected chi connectivity index (χ2v) is 7.83. The zero-order valence-electron chi connectivity index (χ0n) is 13.9. The summed E-state index contributed by atoms with van der Waals surface area (Å²) in [6.07, 6.45) is 0. The maximum atomic E-state index is 13.0. The summed E-state index contributed by atoms with van der Waals surface area (Å²) >= 11 is 2.91. The molecule has 0 aliphatic carbocycles. The summed E-state index contributed by atoms with van der Waals surface area (Å²) in [5.41, 5.74) is 2.80. The summed E-state index contributed by atoms with van der Waals surface area (Å²) in [5, 5.41) is 3.40. The first-order valence-electron chi connectivity index (χ1n) is 7.74. The number of thioether (sulfide) groups is 1. The SMILES string of the molecule is Cc1ccc(SCC(=O)Nc2nc(-c3ccc(F)cc3)c(C)s2)cc1. The fourth-order valence-corrected chi connectivity index (χ4v) is 3.81. The van der Waals surface area contributed by atoms with Gasteiger partial charge in [0.15, 0.2) is 5.13 Å². The van der Waals surface area contributed by atoms with E-state index in [1.54, 1.807) is 12.1 Å². The first-order valence-corrected chi connectivity index (χ1v) is 9.54. The molecule has 0 atom stereocenters. The van der Waals surface area contributed by atoms with Crippen molar-refractivity contribution in [2.24, 2.45) is 0 Å². The predicted octanol–water partition coefficient (Wildman–Crippen LogP) is 5.30. The molecule has 0 bridgehead atoms. The fourth-order valence-electron chi connectivity index (χ4n) is 2.26. The first-order chi connectivity index (χ1) is 12.0. The van der Waals surface area contributed by atoms with Crippen LogP contribution in [0.1, 0.15) is 10.4 Å². The van der Waals surface area contributed by atoms with Crippen LogP contribution in [-0.2, 0) is 4.79 Å². The second-order valence-electron chi connectivity index (χ2n) is 5.58. The largest absolute Gasteiger partial charge is 0.301 e. The van der Waals surface area contributed by atoms with Crippen molar-refractivity contribution in [1.29, 1.82) is 0 Å². The van der Waals surface area contributed by atoms with Crippen molar-refractivity contribution in [2.75, 3.05) is 11.1 Å². The van der Waals surface area contributed by atoms with E-state index in [0.29, 0.717) is 10.9 Å². The van der Waals surface area contributed by atoms with Crippen molar-refractivity contribution >= 4 is 34.1 Å². The van der Waals surface area contributed by atoms with Crippen LogP contribution in [0.15, 0.2) is 53.4 Å². The number of hydrogen-bond donors (Lipinski definition) is 1. The number of aryl methyl sites for hydroxylation is 2. The quantitative estimate of drug-likeness (QED) is 0.618. The number of amides is 1. The number of benzene rings is 2. The molecule has 1 N–H and O–H groups in total. The minimum Gasteiger partial charge on any atom is -0.301 e. The topological polar surface area (TPSA) is 42.0 Å². The van der Waals surface area contributed by atoms with Crippen molar-refractivity contribution in [3.8, 4) is 11.3 Å². The van der Waals surface area contributed by atoms with Gasteiger partial charge in [-0.1, -0.05) is 17.7 Å². The zero-order valence-corrected chi connectivity index (χ0v) is 15.5. The van der Waals surface area contributed by atoms with E-state index in [0.717, 1.165) is 21.0 Å². The number of hydrogen-bond acceptors (Lipinski definition) is 4. The molecule has 0 spiro atoms. The molecule has 25 heavy (non-hydrogen) atoms. The van der Waals surface area contributed by atoms with E-state index in [1.807, 2.05) is 38.1 Å². The third kappa shape index (κ3) is 4.67. The van der Waals surface area contributed by atoms with Gasteiger partial charge in [-0.2, -0.15) is 0 Å². The van der Waals surface area contributed by atoms with E-state index in [4.69, 9.17) is 0 Å². The number of anilines is 1. The van der Waals surface area contributed by atoms with E-state index < -0.39 is 0 Å². The molecule has 3 nitrogen and oxygen atoms in total. The number of aromatic nitrogens is 1. The highest BCUT2D eigenvalue weighted by atomic mass is 32.2. The fraction of sp³-hybridized carbons (Fsp3) is 0.158. The van der Waals surface area contributed by atoms with Crippen LogP contribution in [0.4, 0.5) is 9.52 Å². The van der Waals surface area contributed by atoms with Gasteiger partial charge in [0.25, 0.3) is 0 Å². The highest BCUT2D eigenvalue weighted by Crippen LogP contribution is 2.30. The van der Waals surface area contributed by atoms with Gasteiger partial charge in [-0.3, -0.25) is 4.79 Å².